The Balaban J connectivity index is 1.81. The summed E-state index contributed by atoms with van der Waals surface area (Å²) < 4.78 is 6.60. The molecule has 5 heteroatoms. The van der Waals surface area contributed by atoms with Gasteiger partial charge in [0.1, 0.15) is 0 Å². The molecule has 3 rings (SSSR count). The highest BCUT2D eigenvalue weighted by Crippen LogP contribution is 2.27. The lowest BCUT2D eigenvalue weighted by Gasteiger charge is -2.04. The summed E-state index contributed by atoms with van der Waals surface area (Å²) in [5.74, 6) is 0.555. The minimum atomic E-state index is -0.0769. The Morgan fingerprint density at radius 3 is 2.33 bits per heavy atom. The lowest BCUT2D eigenvalue weighted by atomic mass is 10.1. The van der Waals surface area contributed by atoms with Crippen molar-refractivity contribution in [3.05, 3.63) is 75.7 Å². The first kappa shape index (κ1) is 15.7. The Morgan fingerprint density at radius 1 is 1.04 bits per heavy atom. The predicted molar refractivity (Wildman–Crippen MR) is 94.7 cm³/mol. The second-order valence-corrected chi connectivity index (χ2v) is 5.47. The van der Waals surface area contributed by atoms with Gasteiger partial charge >= 0.3 is 0 Å². The van der Waals surface area contributed by atoms with Gasteiger partial charge in [-0.1, -0.05) is 30.4 Å². The van der Waals surface area contributed by atoms with Crippen LogP contribution in [0.2, 0.25) is 0 Å². The number of ether oxygens (including phenoxy) is 1. The summed E-state index contributed by atoms with van der Waals surface area (Å²) >= 11 is 0. The molecule has 2 aromatic carbocycles. The van der Waals surface area contributed by atoms with Crippen molar-refractivity contribution in [3.8, 4) is 17.2 Å². The Hall–Kier alpha value is -3.21. The zero-order valence-corrected chi connectivity index (χ0v) is 13.5. The molecule has 0 saturated heterocycles. The molecule has 24 heavy (non-hydrogen) atoms. The van der Waals surface area contributed by atoms with Crippen molar-refractivity contribution in [2.45, 2.75) is 6.92 Å². The summed E-state index contributed by atoms with van der Waals surface area (Å²) in [7, 11) is 1.52. The van der Waals surface area contributed by atoms with Crippen LogP contribution in [0.4, 0.5) is 0 Å². The number of aromatic hydroxyl groups is 1. The van der Waals surface area contributed by atoms with Crippen LogP contribution in [0.1, 0.15) is 16.8 Å². The molecule has 0 saturated carbocycles. The first-order valence-electron chi connectivity index (χ1n) is 7.51. The van der Waals surface area contributed by atoms with Gasteiger partial charge in [-0.3, -0.25) is 9.89 Å². The molecule has 0 aliphatic rings. The van der Waals surface area contributed by atoms with Gasteiger partial charge in [-0.15, -0.1) is 0 Å². The van der Waals surface area contributed by atoms with E-state index in [1.54, 1.807) is 18.2 Å². The van der Waals surface area contributed by atoms with E-state index in [2.05, 4.69) is 5.10 Å². The summed E-state index contributed by atoms with van der Waals surface area (Å²) in [5, 5.41) is 12.6. The summed E-state index contributed by atoms with van der Waals surface area (Å²) in [4.78, 5) is 11.8. The summed E-state index contributed by atoms with van der Waals surface area (Å²) in [5.41, 5.74) is 3.46. The van der Waals surface area contributed by atoms with E-state index in [1.165, 1.54) is 11.8 Å². The summed E-state index contributed by atoms with van der Waals surface area (Å²) in [6.07, 6.45) is 3.89. The molecular formula is C19H18N2O3. The van der Waals surface area contributed by atoms with Crippen molar-refractivity contribution in [3.63, 3.8) is 0 Å². The molecule has 0 aliphatic heterocycles. The Kier molecular flexibility index (Phi) is 4.24. The van der Waals surface area contributed by atoms with E-state index >= 15 is 0 Å². The molecule has 0 amide bonds. The van der Waals surface area contributed by atoms with Crippen LogP contribution in [0.3, 0.4) is 0 Å². The highest BCUT2D eigenvalue weighted by Gasteiger charge is 2.02. The van der Waals surface area contributed by atoms with E-state index in [1.807, 2.05) is 49.4 Å². The van der Waals surface area contributed by atoms with E-state index in [0.717, 1.165) is 22.5 Å². The van der Waals surface area contributed by atoms with Gasteiger partial charge in [0.15, 0.2) is 11.5 Å². The van der Waals surface area contributed by atoms with E-state index in [4.69, 9.17) is 4.74 Å². The van der Waals surface area contributed by atoms with Gasteiger partial charge in [-0.2, -0.15) is 0 Å². The van der Waals surface area contributed by atoms with Gasteiger partial charge in [0, 0.05) is 11.8 Å². The third-order valence-corrected chi connectivity index (χ3v) is 3.67. The van der Waals surface area contributed by atoms with Crippen LogP contribution in [0, 0.1) is 6.92 Å². The van der Waals surface area contributed by atoms with Crippen molar-refractivity contribution in [1.29, 1.82) is 0 Å². The molecule has 1 heterocycles. The normalized spacial score (nSPS) is 11.1. The van der Waals surface area contributed by atoms with Gasteiger partial charge in [-0.25, -0.2) is 4.68 Å². The maximum atomic E-state index is 11.8. The number of aryl methyl sites for hydroxylation is 1. The van der Waals surface area contributed by atoms with Crippen molar-refractivity contribution < 1.29 is 9.84 Å². The van der Waals surface area contributed by atoms with Crippen LogP contribution < -0.4 is 10.3 Å². The van der Waals surface area contributed by atoms with Crippen LogP contribution in [-0.4, -0.2) is 22.0 Å². The van der Waals surface area contributed by atoms with Gasteiger partial charge in [0.2, 0.25) is 0 Å². The number of aromatic nitrogens is 2. The lowest BCUT2D eigenvalue weighted by molar-refractivity contribution is 0.373. The molecular weight excluding hydrogens is 304 g/mol. The smallest absolute Gasteiger partial charge is 0.271 e. The fraction of sp³-hybridized carbons (Fsp3) is 0.105. The Bertz CT molecular complexity index is 934. The molecule has 5 nitrogen and oxygen atoms in total. The number of aromatic amines is 1. The SMILES string of the molecule is COc1cc(C=Cc2ccc(-n3[nH]c(C)cc3=O)cc2)ccc1O. The maximum absolute atomic E-state index is 11.8. The molecule has 0 radical (unpaired) electrons. The van der Waals surface area contributed by atoms with Gasteiger partial charge in [0.05, 0.1) is 12.8 Å². The van der Waals surface area contributed by atoms with E-state index < -0.39 is 0 Å². The van der Waals surface area contributed by atoms with Crippen LogP contribution in [0.25, 0.3) is 17.8 Å². The Morgan fingerprint density at radius 2 is 1.71 bits per heavy atom. The lowest BCUT2D eigenvalue weighted by Crippen LogP contribution is -2.13. The molecule has 1 aromatic heterocycles. The largest absolute Gasteiger partial charge is 0.504 e. The fourth-order valence-corrected chi connectivity index (χ4v) is 2.43. The molecule has 0 unspecified atom stereocenters. The standard InChI is InChI=1S/C19H18N2O3/c1-13-11-19(23)21(20-13)16-8-5-14(6-9-16)3-4-15-7-10-17(22)18(12-15)24-2/h3-12,20,22H,1-2H3. The molecule has 0 bridgehead atoms. The number of hydrogen-bond acceptors (Lipinski definition) is 3. The minimum absolute atomic E-state index is 0.0769. The van der Waals surface area contributed by atoms with Crippen LogP contribution in [-0.2, 0) is 0 Å². The highest BCUT2D eigenvalue weighted by atomic mass is 16.5. The highest BCUT2D eigenvalue weighted by molar-refractivity contribution is 5.71. The number of H-pyrrole nitrogens is 1. The van der Waals surface area contributed by atoms with E-state index in [9.17, 15) is 9.90 Å². The average Bonchev–Trinajstić information content (AvgIpc) is 2.93. The molecule has 0 atom stereocenters. The van der Waals surface area contributed by atoms with Crippen LogP contribution >= 0.6 is 0 Å². The minimum Gasteiger partial charge on any atom is -0.504 e. The van der Waals surface area contributed by atoms with Crippen LogP contribution in [0.5, 0.6) is 11.5 Å². The van der Waals surface area contributed by atoms with E-state index in [0.29, 0.717) is 5.75 Å². The summed E-state index contributed by atoms with van der Waals surface area (Å²) in [6, 6.07) is 14.4. The number of phenols is 1. The fourth-order valence-electron chi connectivity index (χ4n) is 2.43. The molecule has 3 aromatic rings. The second kappa shape index (κ2) is 6.50. The van der Waals surface area contributed by atoms with Gasteiger partial charge in [-0.05, 0) is 42.3 Å². The molecule has 0 fully saturated rings. The van der Waals surface area contributed by atoms with Gasteiger partial charge in [0.25, 0.3) is 5.56 Å². The number of hydrogen-bond donors (Lipinski definition) is 2. The predicted octanol–water partition coefficient (Wildman–Crippen LogP) is 3.36. The first-order valence-corrected chi connectivity index (χ1v) is 7.51. The van der Waals surface area contributed by atoms with Crippen molar-refractivity contribution in [2.24, 2.45) is 0 Å². The molecule has 122 valence electrons. The Labute approximate surface area is 139 Å². The topological polar surface area (TPSA) is 67.2 Å². The first-order chi connectivity index (χ1) is 11.6. The van der Waals surface area contributed by atoms with Crippen molar-refractivity contribution in [1.82, 2.24) is 9.78 Å². The number of nitrogens with one attached hydrogen (secondary N) is 1. The number of methoxy groups -OCH3 is 1. The zero-order chi connectivity index (χ0) is 17.1. The number of phenolic OH excluding ortho intramolecular Hbond substituents is 1. The third-order valence-electron chi connectivity index (χ3n) is 3.67. The van der Waals surface area contributed by atoms with Gasteiger partial charge < -0.3 is 9.84 Å². The number of benzene rings is 2. The second-order valence-electron chi connectivity index (χ2n) is 5.47. The number of rotatable bonds is 4. The number of nitrogens with zero attached hydrogens (tertiary/aromatic N) is 1. The summed E-state index contributed by atoms with van der Waals surface area (Å²) in [6.45, 7) is 1.85. The average molecular weight is 322 g/mol. The van der Waals surface area contributed by atoms with Crippen molar-refractivity contribution >= 4 is 12.2 Å². The molecule has 2 N–H and O–H groups in total. The molecule has 0 aliphatic carbocycles. The molecule has 0 spiro atoms. The quantitative estimate of drug-likeness (QED) is 0.724. The van der Waals surface area contributed by atoms with Crippen molar-refractivity contribution in [2.75, 3.05) is 7.11 Å². The maximum Gasteiger partial charge on any atom is 0.271 e. The zero-order valence-electron chi connectivity index (χ0n) is 13.5. The monoisotopic (exact) mass is 322 g/mol. The van der Waals surface area contributed by atoms with Crippen LogP contribution in [0.15, 0.2) is 53.3 Å². The third kappa shape index (κ3) is 3.25. The van der Waals surface area contributed by atoms with E-state index in [-0.39, 0.29) is 11.3 Å².